The second-order valence-corrected chi connectivity index (χ2v) is 5.51. The first kappa shape index (κ1) is 14.2. The molecule has 14 heavy (non-hydrogen) atoms. The molecule has 0 amide bonds. The summed E-state index contributed by atoms with van der Waals surface area (Å²) in [5, 5.41) is 0. The Kier molecular flexibility index (Phi) is 5.43. The van der Waals surface area contributed by atoms with E-state index in [1.54, 1.807) is 19.0 Å². The summed E-state index contributed by atoms with van der Waals surface area (Å²) in [6, 6.07) is 0. The zero-order valence-electron chi connectivity index (χ0n) is 7.73. The summed E-state index contributed by atoms with van der Waals surface area (Å²) in [5.41, 5.74) is 0. The highest BCUT2D eigenvalue weighted by Gasteiger charge is 2.31. The summed E-state index contributed by atoms with van der Waals surface area (Å²) in [6.07, 6.45) is 0. The molecular formula is C4H13NO7P2. The van der Waals surface area contributed by atoms with Crippen LogP contribution in [0, 0.1) is 0 Å². The van der Waals surface area contributed by atoms with Crippen molar-refractivity contribution in [3.63, 3.8) is 0 Å². The van der Waals surface area contributed by atoms with Gasteiger partial charge in [-0.3, -0.25) is 4.52 Å². The van der Waals surface area contributed by atoms with Crippen LogP contribution in [-0.2, 0) is 18.0 Å². The second kappa shape index (κ2) is 5.34. The van der Waals surface area contributed by atoms with E-state index in [-0.39, 0.29) is 6.61 Å². The molecule has 0 aliphatic rings. The molecule has 0 aromatic rings. The van der Waals surface area contributed by atoms with Crippen LogP contribution in [0.4, 0.5) is 0 Å². The maximum absolute atomic E-state index is 10.8. The predicted molar refractivity (Wildman–Crippen MR) is 47.5 cm³/mol. The SMILES string of the molecule is CN(C)CCOP(=O)(O)OP(=O)(O)O. The van der Waals surface area contributed by atoms with Gasteiger partial charge in [0.25, 0.3) is 0 Å². The van der Waals surface area contributed by atoms with Crippen molar-refractivity contribution in [2.24, 2.45) is 0 Å². The molecule has 8 nitrogen and oxygen atoms in total. The van der Waals surface area contributed by atoms with Gasteiger partial charge in [0, 0.05) is 6.54 Å². The highest BCUT2D eigenvalue weighted by atomic mass is 31.3. The van der Waals surface area contributed by atoms with Gasteiger partial charge in [-0.2, -0.15) is 4.31 Å². The Hall–Kier alpha value is 0.220. The van der Waals surface area contributed by atoms with Crippen LogP contribution in [0.1, 0.15) is 0 Å². The van der Waals surface area contributed by atoms with Crippen molar-refractivity contribution in [3.05, 3.63) is 0 Å². The topological polar surface area (TPSA) is 117 Å². The van der Waals surface area contributed by atoms with Crippen molar-refractivity contribution < 1.29 is 32.6 Å². The summed E-state index contributed by atoms with van der Waals surface area (Å²) < 4.78 is 28.8. The number of likely N-dealkylation sites (N-methyl/N-ethyl adjacent to an activating group) is 1. The second-order valence-electron chi connectivity index (χ2n) is 2.68. The van der Waals surface area contributed by atoms with Crippen LogP contribution in [0.15, 0.2) is 0 Å². The molecule has 1 atom stereocenters. The van der Waals surface area contributed by atoms with E-state index < -0.39 is 15.6 Å². The molecule has 0 fully saturated rings. The van der Waals surface area contributed by atoms with Crippen molar-refractivity contribution >= 4 is 15.6 Å². The largest absolute Gasteiger partial charge is 0.481 e. The smallest absolute Gasteiger partial charge is 0.307 e. The van der Waals surface area contributed by atoms with Crippen molar-refractivity contribution in [2.75, 3.05) is 27.2 Å². The summed E-state index contributed by atoms with van der Waals surface area (Å²) in [6.45, 7) is 0.163. The Morgan fingerprint density at radius 2 is 1.71 bits per heavy atom. The first-order valence-electron chi connectivity index (χ1n) is 3.51. The third-order valence-corrected chi connectivity index (χ3v) is 3.19. The lowest BCUT2D eigenvalue weighted by Gasteiger charge is -2.14. The lowest BCUT2D eigenvalue weighted by Crippen LogP contribution is -2.17. The van der Waals surface area contributed by atoms with Crippen molar-refractivity contribution in [3.8, 4) is 0 Å². The first-order valence-corrected chi connectivity index (χ1v) is 6.54. The Morgan fingerprint density at radius 3 is 2.07 bits per heavy atom. The number of hydrogen-bond donors (Lipinski definition) is 3. The van der Waals surface area contributed by atoms with Crippen LogP contribution in [0.25, 0.3) is 0 Å². The fourth-order valence-electron chi connectivity index (χ4n) is 0.497. The van der Waals surface area contributed by atoms with Crippen LogP contribution in [-0.4, -0.2) is 46.8 Å². The molecule has 0 rings (SSSR count). The zero-order valence-corrected chi connectivity index (χ0v) is 9.52. The molecule has 3 N–H and O–H groups in total. The molecule has 0 spiro atoms. The molecule has 0 bridgehead atoms. The average Bonchev–Trinajstić information content (AvgIpc) is 1.78. The van der Waals surface area contributed by atoms with Crippen molar-refractivity contribution in [1.29, 1.82) is 0 Å². The molecule has 0 radical (unpaired) electrons. The fourth-order valence-corrected chi connectivity index (χ4v) is 2.07. The quantitative estimate of drug-likeness (QED) is 0.553. The highest BCUT2D eigenvalue weighted by molar-refractivity contribution is 7.60. The Balaban J connectivity index is 3.97. The molecule has 0 saturated heterocycles. The molecule has 10 heteroatoms. The summed E-state index contributed by atoms with van der Waals surface area (Å²) in [7, 11) is -6.26. The van der Waals surface area contributed by atoms with E-state index in [0.717, 1.165) is 0 Å². The van der Waals surface area contributed by atoms with Crippen LogP contribution in [0.3, 0.4) is 0 Å². The standard InChI is InChI=1S/C4H13NO7P2/c1-5(2)3-4-11-14(9,10)12-13(6,7)8/h3-4H2,1-2H3,(H,9,10)(H2,6,7,8). The van der Waals surface area contributed by atoms with E-state index >= 15 is 0 Å². The Bertz CT molecular complexity index is 260. The number of nitrogens with zero attached hydrogens (tertiary/aromatic N) is 1. The molecule has 86 valence electrons. The zero-order chi connectivity index (χ0) is 11.4. The molecule has 0 saturated carbocycles. The minimum absolute atomic E-state index is 0.166. The Labute approximate surface area is 81.3 Å². The van der Waals surface area contributed by atoms with E-state index in [0.29, 0.717) is 6.54 Å². The van der Waals surface area contributed by atoms with Gasteiger partial charge in [-0.05, 0) is 14.1 Å². The van der Waals surface area contributed by atoms with Crippen molar-refractivity contribution in [2.45, 2.75) is 0 Å². The maximum Gasteiger partial charge on any atom is 0.481 e. The van der Waals surface area contributed by atoms with Gasteiger partial charge < -0.3 is 19.6 Å². The monoisotopic (exact) mass is 249 g/mol. The molecule has 1 unspecified atom stereocenters. The third-order valence-electron chi connectivity index (χ3n) is 1.00. The lowest BCUT2D eigenvalue weighted by molar-refractivity contribution is 0.167. The van der Waals surface area contributed by atoms with Gasteiger partial charge in [0.05, 0.1) is 6.61 Å². The van der Waals surface area contributed by atoms with Crippen LogP contribution < -0.4 is 0 Å². The fraction of sp³-hybridized carbons (Fsp3) is 1.00. The number of phosphoric ester groups is 1. The van der Waals surface area contributed by atoms with Gasteiger partial charge in [0.2, 0.25) is 0 Å². The molecule has 0 aliphatic carbocycles. The van der Waals surface area contributed by atoms with Crippen LogP contribution in [0.2, 0.25) is 0 Å². The van der Waals surface area contributed by atoms with Crippen LogP contribution >= 0.6 is 15.6 Å². The summed E-state index contributed by atoms with van der Waals surface area (Å²) in [4.78, 5) is 26.9. The normalized spacial score (nSPS) is 17.0. The molecule has 0 heterocycles. The van der Waals surface area contributed by atoms with E-state index in [4.69, 9.17) is 14.7 Å². The summed E-state index contributed by atoms with van der Waals surface area (Å²) >= 11 is 0. The van der Waals surface area contributed by atoms with Crippen LogP contribution in [0.5, 0.6) is 0 Å². The average molecular weight is 249 g/mol. The molecule has 0 aromatic heterocycles. The molecule has 0 aromatic carbocycles. The van der Waals surface area contributed by atoms with Gasteiger partial charge >= 0.3 is 15.6 Å². The van der Waals surface area contributed by atoms with Gasteiger partial charge in [-0.15, -0.1) is 0 Å². The van der Waals surface area contributed by atoms with E-state index in [2.05, 4.69) is 8.83 Å². The highest BCUT2D eigenvalue weighted by Crippen LogP contribution is 2.57. The van der Waals surface area contributed by atoms with Gasteiger partial charge in [-0.25, -0.2) is 9.13 Å². The minimum Gasteiger partial charge on any atom is -0.307 e. The molecular weight excluding hydrogens is 236 g/mol. The first-order chi connectivity index (χ1) is 6.12. The van der Waals surface area contributed by atoms with Gasteiger partial charge in [0.15, 0.2) is 0 Å². The minimum atomic E-state index is -5.00. The van der Waals surface area contributed by atoms with E-state index in [9.17, 15) is 9.13 Å². The Morgan fingerprint density at radius 1 is 1.21 bits per heavy atom. The summed E-state index contributed by atoms with van der Waals surface area (Å²) in [5.74, 6) is 0. The van der Waals surface area contributed by atoms with Gasteiger partial charge in [0.1, 0.15) is 0 Å². The molecule has 0 aliphatic heterocycles. The maximum atomic E-state index is 10.8. The number of rotatable bonds is 6. The van der Waals surface area contributed by atoms with E-state index in [1.165, 1.54) is 0 Å². The number of hydrogen-bond acceptors (Lipinski definition) is 5. The predicted octanol–water partition coefficient (Wildman–Crippen LogP) is -0.226. The lowest BCUT2D eigenvalue weighted by atomic mass is 10.6. The van der Waals surface area contributed by atoms with E-state index in [1.807, 2.05) is 0 Å². The van der Waals surface area contributed by atoms with Gasteiger partial charge in [-0.1, -0.05) is 0 Å². The van der Waals surface area contributed by atoms with Crippen molar-refractivity contribution in [1.82, 2.24) is 4.90 Å². The third kappa shape index (κ3) is 8.80. The number of phosphoric acid groups is 2.